The number of anilines is 3. The first-order valence-electron chi connectivity index (χ1n) is 26.0. The maximum absolute atomic E-state index is 2.50. The van der Waals surface area contributed by atoms with Crippen molar-refractivity contribution in [2.75, 3.05) is 4.90 Å². The molecule has 0 radical (unpaired) electrons. The third kappa shape index (κ3) is 6.71. The van der Waals surface area contributed by atoms with Crippen LogP contribution in [0.2, 0.25) is 0 Å². The van der Waals surface area contributed by atoms with E-state index in [1.165, 1.54) is 111 Å². The molecule has 74 heavy (non-hydrogen) atoms. The van der Waals surface area contributed by atoms with E-state index < -0.39 is 0 Å². The number of hydrogen-bond acceptors (Lipinski definition) is 1. The molecule has 2 aliphatic rings. The Balaban J connectivity index is 0.900. The Morgan fingerprint density at radius 2 is 0.757 bits per heavy atom. The summed E-state index contributed by atoms with van der Waals surface area (Å²) in [6.45, 7) is 9.56. The van der Waals surface area contributed by atoms with E-state index in [1.54, 1.807) is 0 Å². The van der Waals surface area contributed by atoms with Crippen LogP contribution in [0.1, 0.15) is 49.9 Å². The lowest BCUT2D eigenvalue weighted by Crippen LogP contribution is -2.18. The molecule has 0 N–H and O–H groups in total. The van der Waals surface area contributed by atoms with Gasteiger partial charge in [-0.25, -0.2) is 0 Å². The van der Waals surface area contributed by atoms with Crippen molar-refractivity contribution in [2.45, 2.75) is 38.5 Å². The average Bonchev–Trinajstić information content (AvgIpc) is 4.07. The summed E-state index contributed by atoms with van der Waals surface area (Å²) in [4.78, 5) is 2.47. The summed E-state index contributed by atoms with van der Waals surface area (Å²) < 4.78 is 2.50. The highest BCUT2D eigenvalue weighted by atomic mass is 15.1. The molecule has 0 spiro atoms. The summed E-state index contributed by atoms with van der Waals surface area (Å²) in [5.41, 5.74) is 25.8. The van der Waals surface area contributed by atoms with E-state index >= 15 is 0 Å². The van der Waals surface area contributed by atoms with Gasteiger partial charge >= 0.3 is 0 Å². The van der Waals surface area contributed by atoms with Gasteiger partial charge in [0.25, 0.3) is 0 Å². The Bertz CT molecular complexity index is 4140. The molecule has 0 fully saturated rings. The van der Waals surface area contributed by atoms with Gasteiger partial charge in [0.1, 0.15) is 0 Å². The van der Waals surface area contributed by atoms with Gasteiger partial charge in [-0.3, -0.25) is 0 Å². The summed E-state index contributed by atoms with van der Waals surface area (Å²) in [5.74, 6) is 0. The van der Waals surface area contributed by atoms with Crippen LogP contribution in [0.15, 0.2) is 255 Å². The molecule has 352 valence electrons. The van der Waals surface area contributed by atoms with Crippen LogP contribution >= 0.6 is 0 Å². The minimum atomic E-state index is -0.268. The minimum Gasteiger partial charge on any atom is -0.310 e. The normalized spacial score (nSPS) is 13.6. The van der Waals surface area contributed by atoms with Crippen LogP contribution in [0.4, 0.5) is 17.1 Å². The van der Waals surface area contributed by atoms with Crippen molar-refractivity contribution in [3.8, 4) is 72.6 Å². The smallest absolute Gasteiger partial charge is 0.0620 e. The van der Waals surface area contributed by atoms with Crippen LogP contribution in [0.25, 0.3) is 94.3 Å². The third-order valence-corrected chi connectivity index (χ3v) is 16.4. The zero-order chi connectivity index (χ0) is 49.7. The lowest BCUT2D eigenvalue weighted by Gasteiger charge is -2.30. The number of nitrogens with zero attached hydrogens (tertiary/aromatic N) is 2. The van der Waals surface area contributed by atoms with E-state index in [4.69, 9.17) is 0 Å². The van der Waals surface area contributed by atoms with E-state index in [1.807, 2.05) is 0 Å². The zero-order valence-electron chi connectivity index (χ0n) is 42.1. The van der Waals surface area contributed by atoms with Crippen LogP contribution in [-0.2, 0) is 10.8 Å². The number of hydrogen-bond donors (Lipinski definition) is 0. The van der Waals surface area contributed by atoms with Gasteiger partial charge in [0.2, 0.25) is 0 Å². The predicted octanol–water partition coefficient (Wildman–Crippen LogP) is 19.5. The van der Waals surface area contributed by atoms with Gasteiger partial charge in [0.15, 0.2) is 0 Å². The van der Waals surface area contributed by atoms with E-state index in [0.29, 0.717) is 0 Å². The number of benzene rings is 11. The quantitative estimate of drug-likeness (QED) is 0.147. The molecule has 0 amide bonds. The third-order valence-electron chi connectivity index (χ3n) is 16.4. The second-order valence-corrected chi connectivity index (χ2v) is 21.3. The zero-order valence-corrected chi connectivity index (χ0v) is 42.1. The van der Waals surface area contributed by atoms with E-state index in [2.05, 4.69) is 292 Å². The fourth-order valence-electron chi connectivity index (χ4n) is 12.7. The molecule has 0 aliphatic heterocycles. The molecule has 11 aromatic carbocycles. The highest BCUT2D eigenvalue weighted by Gasteiger charge is 2.38. The molecule has 2 heteroatoms. The van der Waals surface area contributed by atoms with Crippen molar-refractivity contribution in [3.05, 3.63) is 277 Å². The first kappa shape index (κ1) is 43.8. The van der Waals surface area contributed by atoms with E-state index in [-0.39, 0.29) is 10.8 Å². The van der Waals surface area contributed by atoms with E-state index in [0.717, 1.165) is 22.7 Å². The van der Waals surface area contributed by atoms with Crippen LogP contribution in [-0.4, -0.2) is 4.57 Å². The summed E-state index contributed by atoms with van der Waals surface area (Å²) in [5, 5.41) is 3.70. The van der Waals surface area contributed by atoms with Gasteiger partial charge in [0.05, 0.1) is 11.2 Å². The lowest BCUT2D eigenvalue weighted by molar-refractivity contribution is 0.660. The molecular weight excluding hydrogens is 893 g/mol. The van der Waals surface area contributed by atoms with Crippen molar-refractivity contribution in [3.63, 3.8) is 0 Å². The van der Waals surface area contributed by atoms with Crippen LogP contribution in [0, 0.1) is 0 Å². The lowest BCUT2D eigenvalue weighted by atomic mass is 9.81. The van der Waals surface area contributed by atoms with Gasteiger partial charge in [-0.05, 0) is 138 Å². The van der Waals surface area contributed by atoms with Gasteiger partial charge < -0.3 is 9.47 Å². The largest absolute Gasteiger partial charge is 0.310 e. The highest BCUT2D eigenvalue weighted by Crippen LogP contribution is 2.54. The van der Waals surface area contributed by atoms with Crippen LogP contribution in [0.3, 0.4) is 0 Å². The Morgan fingerprint density at radius 3 is 1.41 bits per heavy atom. The van der Waals surface area contributed by atoms with Gasteiger partial charge in [-0.1, -0.05) is 228 Å². The topological polar surface area (TPSA) is 8.17 Å². The monoisotopic (exact) mass is 946 g/mol. The van der Waals surface area contributed by atoms with Crippen molar-refractivity contribution < 1.29 is 0 Å². The average molecular weight is 947 g/mol. The second kappa shape index (κ2) is 16.8. The fourth-order valence-corrected chi connectivity index (χ4v) is 12.7. The Hall–Kier alpha value is -8.98. The molecule has 14 rings (SSSR count). The molecule has 12 aromatic rings. The molecule has 0 bridgehead atoms. The standard InChI is InChI=1S/C72H54N2/c1-71(2)64-31-18-17-28-58(64)60-40-37-54(45-66(60)71)73(53-35-32-48(33-36-53)47-20-9-5-10-21-47)55-38-41-61-59-39-34-51(44-65(59)72(3,4)67(61)46-55)56-29-19-30-62-57(56)42-43-63-68(49-22-11-6-12-23-49)69(50-24-13-7-14-25-50)74(70(62)63)52-26-15-8-16-27-52/h5-46H,1-4H3. The number of fused-ring (bicyclic) bond motifs is 9. The van der Waals surface area contributed by atoms with Gasteiger partial charge in [-0.15, -0.1) is 0 Å². The first-order chi connectivity index (χ1) is 36.2. The highest BCUT2D eigenvalue weighted by molar-refractivity contribution is 6.18. The second-order valence-electron chi connectivity index (χ2n) is 21.3. The number of para-hydroxylation sites is 1. The molecule has 2 nitrogen and oxygen atoms in total. The summed E-state index contributed by atoms with van der Waals surface area (Å²) in [6, 6.07) is 94.5. The molecule has 0 unspecified atom stereocenters. The SMILES string of the molecule is CC1(C)c2ccccc2-c2ccc(N(c3ccc(-c4ccccc4)cc3)c3ccc4c(c3)C(C)(C)c3cc(-c5cccc6c5ccc5c(-c7ccccc7)c(-c7ccccc7)n(-c7ccccc7)c56)ccc3-4)cc21. The Kier molecular flexibility index (Phi) is 9.94. The maximum atomic E-state index is 2.50. The van der Waals surface area contributed by atoms with Crippen molar-refractivity contribution in [2.24, 2.45) is 0 Å². The summed E-state index contributed by atoms with van der Waals surface area (Å²) in [6.07, 6.45) is 0. The fraction of sp³-hybridized carbons (Fsp3) is 0.0833. The van der Waals surface area contributed by atoms with Crippen molar-refractivity contribution >= 4 is 38.7 Å². The molecule has 0 atom stereocenters. The number of rotatable bonds is 8. The minimum absolute atomic E-state index is 0.122. The van der Waals surface area contributed by atoms with E-state index in [9.17, 15) is 0 Å². The van der Waals surface area contributed by atoms with Crippen LogP contribution in [0.5, 0.6) is 0 Å². The van der Waals surface area contributed by atoms with Crippen molar-refractivity contribution in [1.82, 2.24) is 4.57 Å². The molecular formula is C72H54N2. The summed E-state index contributed by atoms with van der Waals surface area (Å²) in [7, 11) is 0. The number of aromatic nitrogens is 1. The predicted molar refractivity (Wildman–Crippen MR) is 312 cm³/mol. The maximum Gasteiger partial charge on any atom is 0.0620 e. The Morgan fingerprint density at radius 1 is 0.297 bits per heavy atom. The molecule has 0 saturated heterocycles. The van der Waals surface area contributed by atoms with Crippen molar-refractivity contribution in [1.29, 1.82) is 0 Å². The molecule has 2 aliphatic carbocycles. The summed E-state index contributed by atoms with van der Waals surface area (Å²) >= 11 is 0. The van der Waals surface area contributed by atoms with Crippen LogP contribution < -0.4 is 4.90 Å². The van der Waals surface area contributed by atoms with Gasteiger partial charge in [0, 0.05) is 49.9 Å². The van der Waals surface area contributed by atoms with Gasteiger partial charge in [-0.2, -0.15) is 0 Å². The molecule has 1 heterocycles. The molecule has 0 saturated carbocycles. The molecule has 1 aromatic heterocycles. The first-order valence-corrected chi connectivity index (χ1v) is 26.0. The Labute approximate surface area is 434 Å².